The zero-order valence-electron chi connectivity index (χ0n) is 17.2. The van der Waals surface area contributed by atoms with Gasteiger partial charge in [0.15, 0.2) is 18.1 Å². The van der Waals surface area contributed by atoms with Gasteiger partial charge in [0.05, 0.1) is 15.9 Å². The molecule has 166 valence electrons. The molecule has 0 saturated carbocycles. The summed E-state index contributed by atoms with van der Waals surface area (Å²) in [6.07, 6.45) is 1.34. The Kier molecular flexibility index (Phi) is 7.13. The molecule has 2 aromatic carbocycles. The second-order valence-electron chi connectivity index (χ2n) is 6.74. The van der Waals surface area contributed by atoms with Crippen LogP contribution in [0.1, 0.15) is 18.1 Å². The molecule has 1 aliphatic rings. The average molecular weight is 550 g/mol. The summed E-state index contributed by atoms with van der Waals surface area (Å²) in [7, 11) is 0. The number of hydrogen-bond donors (Lipinski definition) is 2. The first kappa shape index (κ1) is 23.3. The van der Waals surface area contributed by atoms with Crippen LogP contribution in [0.2, 0.25) is 0 Å². The van der Waals surface area contributed by atoms with Gasteiger partial charge in [-0.3, -0.25) is 14.9 Å². The first-order valence-corrected chi connectivity index (χ1v) is 10.6. The number of carboxylic acid groups (broad SMARTS) is 1. The van der Waals surface area contributed by atoms with Gasteiger partial charge in [-0.05, 0) is 72.3 Å². The predicted molar refractivity (Wildman–Crippen MR) is 124 cm³/mol. The van der Waals surface area contributed by atoms with Crippen LogP contribution in [0.4, 0.5) is 10.5 Å². The van der Waals surface area contributed by atoms with E-state index < -0.39 is 30.4 Å². The van der Waals surface area contributed by atoms with Crippen LogP contribution < -0.4 is 19.7 Å². The van der Waals surface area contributed by atoms with Crippen molar-refractivity contribution in [2.75, 3.05) is 18.1 Å². The summed E-state index contributed by atoms with van der Waals surface area (Å²) >= 11 is 1.95. The summed E-state index contributed by atoms with van der Waals surface area (Å²) in [6, 6.07) is 9.05. The van der Waals surface area contributed by atoms with Gasteiger partial charge in [-0.25, -0.2) is 14.5 Å². The van der Waals surface area contributed by atoms with E-state index >= 15 is 0 Å². The average Bonchev–Trinajstić information content (AvgIpc) is 2.72. The lowest BCUT2D eigenvalue weighted by Crippen LogP contribution is -2.54. The van der Waals surface area contributed by atoms with Crippen molar-refractivity contribution in [3.8, 4) is 11.5 Å². The smallest absolute Gasteiger partial charge is 0.341 e. The highest BCUT2D eigenvalue weighted by atomic mass is 127. The minimum absolute atomic E-state index is 0.234. The number of carboxylic acids is 1. The van der Waals surface area contributed by atoms with E-state index in [2.05, 4.69) is 5.32 Å². The number of carbonyl (C=O) groups is 4. The van der Waals surface area contributed by atoms with Crippen LogP contribution in [0.25, 0.3) is 6.08 Å². The number of amides is 4. The molecule has 2 aromatic rings. The first-order chi connectivity index (χ1) is 15.2. The Balaban J connectivity index is 2.00. The second-order valence-corrected chi connectivity index (χ2v) is 7.90. The topological polar surface area (TPSA) is 122 Å². The summed E-state index contributed by atoms with van der Waals surface area (Å²) in [6.45, 7) is 3.36. The van der Waals surface area contributed by atoms with E-state index in [-0.39, 0.29) is 23.7 Å². The highest BCUT2D eigenvalue weighted by Crippen LogP contribution is 2.35. The fourth-order valence-electron chi connectivity index (χ4n) is 2.96. The van der Waals surface area contributed by atoms with E-state index in [1.54, 1.807) is 37.3 Å². The summed E-state index contributed by atoms with van der Waals surface area (Å²) in [5.74, 6) is -2.21. The van der Waals surface area contributed by atoms with Crippen molar-refractivity contribution in [3.63, 3.8) is 0 Å². The zero-order valence-corrected chi connectivity index (χ0v) is 19.3. The molecule has 0 atom stereocenters. The van der Waals surface area contributed by atoms with Crippen molar-refractivity contribution in [1.29, 1.82) is 0 Å². The number of rotatable bonds is 7. The maximum absolute atomic E-state index is 13.0. The first-order valence-electron chi connectivity index (χ1n) is 9.50. The number of anilines is 1. The molecular formula is C22H19IN2O7. The number of benzene rings is 2. The predicted octanol–water partition coefficient (Wildman–Crippen LogP) is 3.13. The number of imide groups is 2. The Morgan fingerprint density at radius 2 is 1.84 bits per heavy atom. The van der Waals surface area contributed by atoms with Gasteiger partial charge >= 0.3 is 12.0 Å². The molecule has 2 N–H and O–H groups in total. The lowest BCUT2D eigenvalue weighted by molar-refractivity contribution is -0.139. The largest absolute Gasteiger partial charge is 0.490 e. The molecule has 1 fully saturated rings. The minimum atomic E-state index is -1.14. The molecule has 32 heavy (non-hydrogen) atoms. The molecule has 0 bridgehead atoms. The van der Waals surface area contributed by atoms with Gasteiger partial charge in [-0.15, -0.1) is 0 Å². The van der Waals surface area contributed by atoms with E-state index in [4.69, 9.17) is 14.6 Å². The number of hydrogen-bond acceptors (Lipinski definition) is 6. The van der Waals surface area contributed by atoms with Crippen LogP contribution >= 0.6 is 22.6 Å². The number of ether oxygens (including phenoxy) is 2. The maximum atomic E-state index is 13.0. The van der Waals surface area contributed by atoms with Crippen LogP contribution in [0.3, 0.4) is 0 Å². The molecule has 1 heterocycles. The Labute approximate surface area is 197 Å². The van der Waals surface area contributed by atoms with Crippen molar-refractivity contribution in [1.82, 2.24) is 5.32 Å². The van der Waals surface area contributed by atoms with Crippen molar-refractivity contribution >= 4 is 58.2 Å². The molecule has 9 nitrogen and oxygen atoms in total. The van der Waals surface area contributed by atoms with Crippen LogP contribution in [-0.2, 0) is 14.4 Å². The van der Waals surface area contributed by atoms with Crippen LogP contribution in [0, 0.1) is 10.5 Å². The number of carbonyl (C=O) groups excluding carboxylic acids is 3. The molecular weight excluding hydrogens is 531 g/mol. The van der Waals surface area contributed by atoms with Gasteiger partial charge < -0.3 is 14.6 Å². The molecule has 0 aliphatic carbocycles. The van der Waals surface area contributed by atoms with Crippen LogP contribution in [0.15, 0.2) is 42.0 Å². The number of nitrogens with zero attached hydrogens (tertiary/aromatic N) is 1. The number of halogens is 1. The van der Waals surface area contributed by atoms with Gasteiger partial charge in [0, 0.05) is 0 Å². The number of aliphatic carboxylic acids is 1. The van der Waals surface area contributed by atoms with Crippen molar-refractivity contribution in [2.24, 2.45) is 0 Å². The Morgan fingerprint density at radius 3 is 2.47 bits per heavy atom. The lowest BCUT2D eigenvalue weighted by Gasteiger charge is -2.26. The Morgan fingerprint density at radius 1 is 1.16 bits per heavy atom. The van der Waals surface area contributed by atoms with E-state index in [0.717, 1.165) is 10.5 Å². The number of urea groups is 1. The molecule has 10 heteroatoms. The quantitative estimate of drug-likeness (QED) is 0.309. The maximum Gasteiger partial charge on any atom is 0.341 e. The summed E-state index contributed by atoms with van der Waals surface area (Å²) in [5, 5.41) is 11.1. The highest BCUT2D eigenvalue weighted by Gasteiger charge is 2.36. The van der Waals surface area contributed by atoms with Crippen LogP contribution in [0.5, 0.6) is 11.5 Å². The van der Waals surface area contributed by atoms with Gasteiger partial charge in [0.1, 0.15) is 5.57 Å². The molecule has 0 spiro atoms. The third kappa shape index (κ3) is 5.07. The van der Waals surface area contributed by atoms with Crippen molar-refractivity contribution < 1.29 is 33.8 Å². The third-order valence-electron chi connectivity index (χ3n) is 4.38. The van der Waals surface area contributed by atoms with Gasteiger partial charge in [0.2, 0.25) is 0 Å². The zero-order chi connectivity index (χ0) is 23.4. The standard InChI is InChI=1S/C22H19IN2O7/c1-3-31-17-10-13(9-16(23)19(17)32-11-18(26)27)8-15-20(28)24-22(30)25(21(15)29)14-6-4-12(2)5-7-14/h4-10H,3,11H2,1-2H3,(H,26,27)(H,24,28,30). The number of nitrogens with one attached hydrogen (secondary N) is 1. The molecule has 4 amide bonds. The molecule has 3 rings (SSSR count). The summed E-state index contributed by atoms with van der Waals surface area (Å²) in [4.78, 5) is 49.5. The van der Waals surface area contributed by atoms with Gasteiger partial charge in [-0.1, -0.05) is 17.7 Å². The fraction of sp³-hybridized carbons (Fsp3) is 0.182. The second kappa shape index (κ2) is 9.81. The molecule has 1 saturated heterocycles. The highest BCUT2D eigenvalue weighted by molar-refractivity contribution is 14.1. The number of aryl methyl sites for hydroxylation is 1. The fourth-order valence-corrected chi connectivity index (χ4v) is 3.74. The molecule has 1 aliphatic heterocycles. The minimum Gasteiger partial charge on any atom is -0.490 e. The van der Waals surface area contributed by atoms with E-state index in [9.17, 15) is 19.2 Å². The monoisotopic (exact) mass is 550 g/mol. The van der Waals surface area contributed by atoms with E-state index in [1.807, 2.05) is 29.5 Å². The molecule has 0 unspecified atom stereocenters. The van der Waals surface area contributed by atoms with Gasteiger partial charge in [0.25, 0.3) is 11.8 Å². The molecule has 0 aromatic heterocycles. The normalized spacial score (nSPS) is 15.0. The third-order valence-corrected chi connectivity index (χ3v) is 5.18. The summed E-state index contributed by atoms with van der Waals surface area (Å²) in [5.41, 5.74) is 1.49. The molecule has 0 radical (unpaired) electrons. The Bertz CT molecular complexity index is 1130. The van der Waals surface area contributed by atoms with Crippen LogP contribution in [-0.4, -0.2) is 42.1 Å². The SMILES string of the molecule is CCOc1cc(C=C2C(=O)NC(=O)N(c3ccc(C)cc3)C2=O)cc(I)c1OCC(=O)O. The number of barbiturate groups is 1. The lowest BCUT2D eigenvalue weighted by atomic mass is 10.1. The van der Waals surface area contributed by atoms with E-state index in [1.165, 1.54) is 12.1 Å². The van der Waals surface area contributed by atoms with Crippen molar-refractivity contribution in [2.45, 2.75) is 13.8 Å². The van der Waals surface area contributed by atoms with Crippen molar-refractivity contribution in [3.05, 3.63) is 56.7 Å². The van der Waals surface area contributed by atoms with Gasteiger partial charge in [-0.2, -0.15) is 0 Å². The summed E-state index contributed by atoms with van der Waals surface area (Å²) < 4.78 is 11.4. The van der Waals surface area contributed by atoms with E-state index in [0.29, 0.717) is 14.8 Å². The Hall–Kier alpha value is -3.41.